The van der Waals surface area contributed by atoms with Crippen molar-refractivity contribution in [2.45, 2.75) is 39.5 Å². The number of nitrogens with zero attached hydrogens (tertiary/aromatic N) is 4. The summed E-state index contributed by atoms with van der Waals surface area (Å²) in [5.74, 6) is -2.18. The van der Waals surface area contributed by atoms with Crippen molar-refractivity contribution in [3.63, 3.8) is 0 Å². The molecule has 3 aromatic carbocycles. The van der Waals surface area contributed by atoms with Crippen LogP contribution in [0.5, 0.6) is 0 Å². The lowest BCUT2D eigenvalue weighted by atomic mass is 10.0. The van der Waals surface area contributed by atoms with E-state index in [1.54, 1.807) is 44.6 Å². The summed E-state index contributed by atoms with van der Waals surface area (Å²) >= 11 is 0. The van der Waals surface area contributed by atoms with Gasteiger partial charge < -0.3 is 19.4 Å². The minimum atomic E-state index is -0.848. The Labute approximate surface area is 266 Å². The third kappa shape index (κ3) is 5.85. The number of halogens is 1. The van der Waals surface area contributed by atoms with Gasteiger partial charge in [0.1, 0.15) is 18.0 Å². The Hall–Kier alpha value is -5.38. The number of anilines is 1. The van der Waals surface area contributed by atoms with E-state index in [0.29, 0.717) is 22.4 Å². The van der Waals surface area contributed by atoms with Crippen LogP contribution in [-0.2, 0) is 16.1 Å². The highest BCUT2D eigenvalue weighted by Crippen LogP contribution is 2.33. The van der Waals surface area contributed by atoms with E-state index in [1.165, 1.54) is 26.8 Å². The molecule has 3 amide bonds. The topological polar surface area (TPSA) is 100 Å². The maximum absolute atomic E-state index is 14.9. The molecule has 1 saturated heterocycles. The van der Waals surface area contributed by atoms with Crippen molar-refractivity contribution in [2.24, 2.45) is 0 Å². The maximum Gasteiger partial charge on any atom is 0.338 e. The lowest BCUT2D eigenvalue weighted by Gasteiger charge is -2.38. The minimum absolute atomic E-state index is 0.0840. The number of ether oxygens (including phenoxy) is 1. The summed E-state index contributed by atoms with van der Waals surface area (Å²) in [5, 5.41) is 0. The summed E-state index contributed by atoms with van der Waals surface area (Å²) < 4.78 is 20.4. The average molecular weight is 621 g/mol. The number of rotatable bonds is 6. The van der Waals surface area contributed by atoms with Gasteiger partial charge >= 0.3 is 5.97 Å². The Bertz CT molecular complexity index is 1870. The molecule has 1 fully saturated rings. The fraction of sp³-hybridized carbons (Fsp3) is 0.250. The molecule has 46 heavy (non-hydrogen) atoms. The second-order valence-electron chi connectivity index (χ2n) is 11.9. The molecule has 234 valence electrons. The third-order valence-electron chi connectivity index (χ3n) is 8.59. The van der Waals surface area contributed by atoms with E-state index in [4.69, 9.17) is 4.74 Å². The molecule has 0 aliphatic carbocycles. The zero-order chi connectivity index (χ0) is 32.7. The van der Waals surface area contributed by atoms with Gasteiger partial charge in [0.25, 0.3) is 11.8 Å². The second-order valence-corrected chi connectivity index (χ2v) is 11.9. The number of hydrogen-bond donors (Lipinski definition) is 0. The standard InChI is InChI=1S/C36H33FN4O5/c1-21-5-7-30(22(2)13-21)36(45)46-29-19-40(20-29)34(43)27-14-24(15-28(37)16-27)18-41-23(3)33(42)39(4)32-17-26(6-8-31(32)35(41)44)25-9-11-38-12-10-25/h5-17,23,29H,18-20H2,1-4H3/t23-/m1/s1. The van der Waals surface area contributed by atoms with Crippen LogP contribution >= 0.6 is 0 Å². The number of benzene rings is 3. The van der Waals surface area contributed by atoms with Crippen LogP contribution in [-0.4, -0.2) is 70.8 Å². The molecule has 3 heterocycles. The smallest absolute Gasteiger partial charge is 0.338 e. The Balaban J connectivity index is 1.17. The molecule has 1 aromatic heterocycles. The van der Waals surface area contributed by atoms with Crippen LogP contribution in [0.1, 0.15) is 54.7 Å². The predicted molar refractivity (Wildman–Crippen MR) is 170 cm³/mol. The number of pyridine rings is 1. The summed E-state index contributed by atoms with van der Waals surface area (Å²) in [5.41, 5.74) is 5.34. The van der Waals surface area contributed by atoms with E-state index < -0.39 is 29.8 Å². The van der Waals surface area contributed by atoms with Gasteiger partial charge in [-0.15, -0.1) is 0 Å². The summed E-state index contributed by atoms with van der Waals surface area (Å²) in [6.45, 7) is 5.70. The lowest BCUT2D eigenvalue weighted by molar-refractivity contribution is -0.122. The van der Waals surface area contributed by atoms with Gasteiger partial charge in [0.2, 0.25) is 5.91 Å². The number of carbonyl (C=O) groups excluding carboxylic acids is 4. The molecule has 0 spiro atoms. The Morgan fingerprint density at radius 1 is 0.935 bits per heavy atom. The molecule has 4 aromatic rings. The SMILES string of the molecule is Cc1ccc(C(=O)OC2CN(C(=O)c3cc(F)cc(CN4C(=O)c5ccc(-c6ccncc6)cc5N(C)C(=O)[C@H]4C)c3)C2)c(C)c1. The van der Waals surface area contributed by atoms with Gasteiger partial charge in [-0.3, -0.25) is 19.4 Å². The van der Waals surface area contributed by atoms with Gasteiger partial charge in [0.15, 0.2) is 0 Å². The van der Waals surface area contributed by atoms with Crippen molar-refractivity contribution in [3.05, 3.63) is 118 Å². The second kappa shape index (κ2) is 12.2. The highest BCUT2D eigenvalue weighted by Gasteiger charge is 2.37. The van der Waals surface area contributed by atoms with Gasteiger partial charge in [-0.1, -0.05) is 23.8 Å². The molecule has 10 heteroatoms. The van der Waals surface area contributed by atoms with E-state index in [1.807, 2.05) is 44.2 Å². The number of amides is 3. The van der Waals surface area contributed by atoms with Gasteiger partial charge in [-0.05, 0) is 91.6 Å². The number of aryl methyl sites for hydroxylation is 2. The summed E-state index contributed by atoms with van der Waals surface area (Å²) in [4.78, 5) is 61.6. The Kier molecular flexibility index (Phi) is 8.12. The van der Waals surface area contributed by atoms with Gasteiger partial charge in [0, 0.05) is 31.5 Å². The number of carbonyl (C=O) groups is 4. The number of likely N-dealkylation sites (N-methyl/N-ethyl adjacent to an activating group) is 1. The summed E-state index contributed by atoms with van der Waals surface area (Å²) in [7, 11) is 1.63. The van der Waals surface area contributed by atoms with E-state index in [0.717, 1.165) is 28.3 Å². The van der Waals surface area contributed by atoms with Crippen LogP contribution in [0.25, 0.3) is 11.1 Å². The highest BCUT2D eigenvalue weighted by molar-refractivity contribution is 6.11. The maximum atomic E-state index is 14.9. The van der Waals surface area contributed by atoms with Gasteiger partial charge in [-0.2, -0.15) is 0 Å². The first-order chi connectivity index (χ1) is 22.0. The van der Waals surface area contributed by atoms with Crippen LogP contribution in [0, 0.1) is 19.7 Å². The molecular weight excluding hydrogens is 587 g/mol. The molecule has 2 aliphatic rings. The molecule has 9 nitrogen and oxygen atoms in total. The average Bonchev–Trinajstić information content (AvgIpc) is 3.08. The minimum Gasteiger partial charge on any atom is -0.455 e. The van der Waals surface area contributed by atoms with E-state index in [2.05, 4.69) is 4.98 Å². The Morgan fingerprint density at radius 3 is 2.39 bits per heavy atom. The van der Waals surface area contributed by atoms with E-state index in [9.17, 15) is 23.6 Å². The molecule has 6 rings (SSSR count). The molecular formula is C36H33FN4O5. The number of aromatic nitrogens is 1. The third-order valence-corrected chi connectivity index (χ3v) is 8.59. The molecule has 1 atom stereocenters. The normalized spacial score (nSPS) is 16.5. The fourth-order valence-electron chi connectivity index (χ4n) is 5.97. The molecule has 0 unspecified atom stereocenters. The van der Waals surface area contributed by atoms with Crippen molar-refractivity contribution < 1.29 is 28.3 Å². The van der Waals surface area contributed by atoms with Crippen molar-refractivity contribution in [3.8, 4) is 11.1 Å². The predicted octanol–water partition coefficient (Wildman–Crippen LogP) is 5.19. The number of esters is 1. The fourth-order valence-corrected chi connectivity index (χ4v) is 5.97. The largest absolute Gasteiger partial charge is 0.455 e. The first-order valence-electron chi connectivity index (χ1n) is 15.0. The molecule has 0 N–H and O–H groups in total. The summed E-state index contributed by atoms with van der Waals surface area (Å²) in [6.07, 6.45) is 2.87. The lowest BCUT2D eigenvalue weighted by Crippen LogP contribution is -2.55. The van der Waals surface area contributed by atoms with Crippen LogP contribution in [0.2, 0.25) is 0 Å². The van der Waals surface area contributed by atoms with Crippen LogP contribution in [0.4, 0.5) is 10.1 Å². The van der Waals surface area contributed by atoms with E-state index >= 15 is 0 Å². The van der Waals surface area contributed by atoms with E-state index in [-0.39, 0.29) is 37.0 Å². The van der Waals surface area contributed by atoms with Crippen LogP contribution in [0.3, 0.4) is 0 Å². The number of hydrogen-bond acceptors (Lipinski definition) is 6. The van der Waals surface area contributed by atoms with Crippen molar-refractivity contribution in [2.75, 3.05) is 25.0 Å². The summed E-state index contributed by atoms with van der Waals surface area (Å²) in [6, 6.07) is 17.6. The zero-order valence-electron chi connectivity index (χ0n) is 26.0. The molecule has 2 aliphatic heterocycles. The molecule has 0 radical (unpaired) electrons. The quantitative estimate of drug-likeness (QED) is 0.275. The molecule has 0 saturated carbocycles. The van der Waals surface area contributed by atoms with Crippen molar-refractivity contribution >= 4 is 29.4 Å². The van der Waals surface area contributed by atoms with Crippen LogP contribution in [0.15, 0.2) is 79.1 Å². The number of likely N-dealkylation sites (tertiary alicyclic amines) is 1. The first kappa shape index (κ1) is 30.6. The van der Waals surface area contributed by atoms with Crippen molar-refractivity contribution in [1.82, 2.24) is 14.8 Å². The zero-order valence-corrected chi connectivity index (χ0v) is 26.0. The monoisotopic (exact) mass is 620 g/mol. The van der Waals surface area contributed by atoms with Gasteiger partial charge in [-0.25, -0.2) is 9.18 Å². The van der Waals surface area contributed by atoms with Gasteiger partial charge in [0.05, 0.1) is 29.9 Å². The molecule has 0 bridgehead atoms. The Morgan fingerprint density at radius 2 is 1.67 bits per heavy atom. The first-order valence-corrected chi connectivity index (χ1v) is 15.0. The van der Waals surface area contributed by atoms with Crippen molar-refractivity contribution in [1.29, 1.82) is 0 Å². The number of fused-ring (bicyclic) bond motifs is 1. The van der Waals surface area contributed by atoms with Crippen LogP contribution < -0.4 is 4.90 Å². The highest BCUT2D eigenvalue weighted by atomic mass is 19.1.